The number of hydrogen-bond acceptors (Lipinski definition) is 2. The van der Waals surface area contributed by atoms with Crippen molar-refractivity contribution in [1.82, 2.24) is 10.2 Å². The van der Waals surface area contributed by atoms with Gasteiger partial charge in [0, 0.05) is 6.04 Å². The van der Waals surface area contributed by atoms with Crippen molar-refractivity contribution in [3.63, 3.8) is 0 Å². The average molecular weight is 252 g/mol. The van der Waals surface area contributed by atoms with Gasteiger partial charge in [-0.1, -0.05) is 19.8 Å². The Hall–Kier alpha value is -0.0800. The summed E-state index contributed by atoms with van der Waals surface area (Å²) in [6.45, 7) is 6.27. The molecule has 1 aliphatic carbocycles. The molecule has 2 nitrogen and oxygen atoms in total. The van der Waals surface area contributed by atoms with Gasteiger partial charge in [-0.3, -0.25) is 0 Å². The van der Waals surface area contributed by atoms with E-state index in [1.165, 1.54) is 71.0 Å². The van der Waals surface area contributed by atoms with Crippen LogP contribution in [0.1, 0.15) is 58.3 Å². The second-order valence-corrected chi connectivity index (χ2v) is 6.65. The van der Waals surface area contributed by atoms with E-state index in [1.54, 1.807) is 0 Å². The van der Waals surface area contributed by atoms with Crippen LogP contribution in [-0.4, -0.2) is 37.6 Å². The summed E-state index contributed by atoms with van der Waals surface area (Å²) < 4.78 is 0. The molecule has 2 fully saturated rings. The Kier molecular flexibility index (Phi) is 5.97. The molecule has 106 valence electrons. The third kappa shape index (κ3) is 4.24. The fraction of sp³-hybridized carbons (Fsp3) is 1.00. The molecular weight excluding hydrogens is 220 g/mol. The molecular formula is C16H32N2. The number of nitrogens with zero attached hydrogens (tertiary/aromatic N) is 1. The number of hydrogen-bond donors (Lipinski definition) is 1. The lowest BCUT2D eigenvalue weighted by molar-refractivity contribution is 0.135. The lowest BCUT2D eigenvalue weighted by atomic mass is 9.85. The highest BCUT2D eigenvalue weighted by atomic mass is 15.1. The molecule has 0 aromatic carbocycles. The van der Waals surface area contributed by atoms with Gasteiger partial charge in [-0.25, -0.2) is 0 Å². The number of rotatable bonds is 5. The van der Waals surface area contributed by atoms with Crippen LogP contribution in [0.5, 0.6) is 0 Å². The summed E-state index contributed by atoms with van der Waals surface area (Å²) in [5, 5.41) is 3.46. The van der Waals surface area contributed by atoms with Gasteiger partial charge in [-0.2, -0.15) is 0 Å². The molecule has 2 heteroatoms. The summed E-state index contributed by atoms with van der Waals surface area (Å²) in [6, 6.07) is 0.867. The zero-order chi connectivity index (χ0) is 12.8. The van der Waals surface area contributed by atoms with Gasteiger partial charge in [-0.15, -0.1) is 0 Å². The van der Waals surface area contributed by atoms with E-state index in [-0.39, 0.29) is 0 Å². The van der Waals surface area contributed by atoms with Crippen LogP contribution in [0.2, 0.25) is 0 Å². The quantitative estimate of drug-likeness (QED) is 0.808. The lowest BCUT2D eigenvalue weighted by Gasteiger charge is -2.36. The maximum atomic E-state index is 3.46. The van der Waals surface area contributed by atoms with E-state index in [2.05, 4.69) is 24.2 Å². The van der Waals surface area contributed by atoms with E-state index in [0.29, 0.717) is 0 Å². The van der Waals surface area contributed by atoms with Crippen LogP contribution in [0.15, 0.2) is 0 Å². The van der Waals surface area contributed by atoms with E-state index >= 15 is 0 Å². The molecule has 18 heavy (non-hydrogen) atoms. The van der Waals surface area contributed by atoms with Crippen LogP contribution in [0.3, 0.4) is 0 Å². The topological polar surface area (TPSA) is 15.3 Å². The Morgan fingerprint density at radius 2 is 1.78 bits per heavy atom. The minimum absolute atomic E-state index is 0.867. The Bertz CT molecular complexity index is 223. The van der Waals surface area contributed by atoms with Gasteiger partial charge in [0.05, 0.1) is 0 Å². The summed E-state index contributed by atoms with van der Waals surface area (Å²) in [7, 11) is 2.36. The van der Waals surface area contributed by atoms with Crippen molar-refractivity contribution in [3.05, 3.63) is 0 Å². The molecule has 1 aliphatic heterocycles. The van der Waals surface area contributed by atoms with Gasteiger partial charge in [0.2, 0.25) is 0 Å². The Morgan fingerprint density at radius 1 is 1.06 bits per heavy atom. The predicted octanol–water partition coefficient (Wildman–Crippen LogP) is 3.28. The molecule has 1 heterocycles. The largest absolute Gasteiger partial charge is 0.317 e. The zero-order valence-corrected chi connectivity index (χ0v) is 12.5. The van der Waals surface area contributed by atoms with Crippen molar-refractivity contribution in [2.45, 2.75) is 64.3 Å². The van der Waals surface area contributed by atoms with Crippen molar-refractivity contribution in [1.29, 1.82) is 0 Å². The highest BCUT2D eigenvalue weighted by Gasteiger charge is 2.24. The van der Waals surface area contributed by atoms with Gasteiger partial charge >= 0.3 is 0 Å². The first-order valence-electron chi connectivity index (χ1n) is 8.18. The lowest BCUT2D eigenvalue weighted by Crippen LogP contribution is -2.39. The van der Waals surface area contributed by atoms with Crippen LogP contribution >= 0.6 is 0 Å². The molecule has 2 atom stereocenters. The molecule has 0 amide bonds. The molecule has 1 saturated carbocycles. The molecule has 2 rings (SSSR count). The first kappa shape index (κ1) is 14.3. The van der Waals surface area contributed by atoms with Crippen LogP contribution in [0.25, 0.3) is 0 Å². The van der Waals surface area contributed by atoms with Crippen LogP contribution in [0, 0.1) is 11.8 Å². The van der Waals surface area contributed by atoms with Crippen molar-refractivity contribution >= 4 is 0 Å². The Balaban J connectivity index is 1.62. The third-order valence-electron chi connectivity index (χ3n) is 5.21. The molecule has 0 spiro atoms. The number of piperidine rings is 1. The Labute approximate surface area is 114 Å². The summed E-state index contributed by atoms with van der Waals surface area (Å²) in [5.74, 6) is 1.92. The molecule has 0 aromatic rings. The zero-order valence-electron chi connectivity index (χ0n) is 12.5. The predicted molar refractivity (Wildman–Crippen MR) is 78.9 cm³/mol. The van der Waals surface area contributed by atoms with E-state index in [1.807, 2.05) is 0 Å². The highest BCUT2D eigenvalue weighted by Crippen LogP contribution is 2.27. The van der Waals surface area contributed by atoms with Crippen molar-refractivity contribution in [3.8, 4) is 0 Å². The fourth-order valence-electron chi connectivity index (χ4n) is 3.92. The van der Waals surface area contributed by atoms with E-state index < -0.39 is 0 Å². The average Bonchev–Trinajstić information content (AvgIpc) is 2.40. The maximum absolute atomic E-state index is 3.46. The SMILES string of the molecule is CC1CCCCC1N(C)CCCC1CCNCC1. The summed E-state index contributed by atoms with van der Waals surface area (Å²) >= 11 is 0. The monoisotopic (exact) mass is 252 g/mol. The van der Waals surface area contributed by atoms with Crippen LogP contribution < -0.4 is 5.32 Å². The normalized spacial score (nSPS) is 30.8. The Morgan fingerprint density at radius 3 is 2.50 bits per heavy atom. The van der Waals surface area contributed by atoms with Crippen molar-refractivity contribution < 1.29 is 0 Å². The fourth-order valence-corrected chi connectivity index (χ4v) is 3.92. The second-order valence-electron chi connectivity index (χ2n) is 6.65. The van der Waals surface area contributed by atoms with Gasteiger partial charge in [0.25, 0.3) is 0 Å². The van der Waals surface area contributed by atoms with E-state index in [4.69, 9.17) is 0 Å². The van der Waals surface area contributed by atoms with Gasteiger partial charge in [0.1, 0.15) is 0 Å². The minimum atomic E-state index is 0.867. The van der Waals surface area contributed by atoms with E-state index in [9.17, 15) is 0 Å². The summed E-state index contributed by atoms with van der Waals surface area (Å²) in [6.07, 6.45) is 11.5. The number of nitrogens with one attached hydrogen (secondary N) is 1. The molecule has 2 unspecified atom stereocenters. The third-order valence-corrected chi connectivity index (χ3v) is 5.21. The molecule has 0 bridgehead atoms. The molecule has 1 saturated heterocycles. The van der Waals surface area contributed by atoms with Gasteiger partial charge in [0.15, 0.2) is 0 Å². The van der Waals surface area contributed by atoms with Gasteiger partial charge in [-0.05, 0) is 77.0 Å². The molecule has 0 aromatic heterocycles. The summed E-state index contributed by atoms with van der Waals surface area (Å²) in [4.78, 5) is 2.66. The highest BCUT2D eigenvalue weighted by molar-refractivity contribution is 4.79. The first-order chi connectivity index (χ1) is 8.77. The van der Waals surface area contributed by atoms with E-state index in [0.717, 1.165) is 17.9 Å². The molecule has 0 radical (unpaired) electrons. The standard InChI is InChI=1S/C16H32N2/c1-14-6-3-4-8-16(14)18(2)13-5-7-15-9-11-17-12-10-15/h14-17H,3-13H2,1-2H3. The molecule has 1 N–H and O–H groups in total. The molecule has 2 aliphatic rings. The first-order valence-corrected chi connectivity index (χ1v) is 8.18. The summed E-state index contributed by atoms with van der Waals surface area (Å²) in [5.41, 5.74) is 0. The minimum Gasteiger partial charge on any atom is -0.317 e. The van der Waals surface area contributed by atoms with Crippen molar-refractivity contribution in [2.24, 2.45) is 11.8 Å². The van der Waals surface area contributed by atoms with Gasteiger partial charge < -0.3 is 10.2 Å². The van der Waals surface area contributed by atoms with Crippen LogP contribution in [0.4, 0.5) is 0 Å². The second kappa shape index (κ2) is 7.49. The smallest absolute Gasteiger partial charge is 0.0118 e. The maximum Gasteiger partial charge on any atom is 0.0118 e. The van der Waals surface area contributed by atoms with Crippen LogP contribution in [-0.2, 0) is 0 Å². The van der Waals surface area contributed by atoms with Crippen molar-refractivity contribution in [2.75, 3.05) is 26.7 Å².